The lowest BCUT2D eigenvalue weighted by molar-refractivity contribution is -0.136. The number of hydrogen-bond donors (Lipinski definition) is 1. The average molecular weight is 434 g/mol. The fourth-order valence-electron chi connectivity index (χ4n) is 5.80. The Morgan fingerprint density at radius 2 is 1.91 bits per heavy atom. The molecule has 3 aliphatic heterocycles. The molecule has 3 atom stereocenters. The normalized spacial score (nSPS) is 26.3. The van der Waals surface area contributed by atoms with E-state index in [2.05, 4.69) is 10.2 Å². The smallest absolute Gasteiger partial charge is 0.338 e. The first kappa shape index (κ1) is 20.7. The van der Waals surface area contributed by atoms with Crippen molar-refractivity contribution in [3.05, 3.63) is 59.7 Å². The van der Waals surface area contributed by atoms with E-state index in [0.717, 1.165) is 30.6 Å². The van der Waals surface area contributed by atoms with Crippen LogP contribution in [0, 0.1) is 5.92 Å². The topological polar surface area (TPSA) is 79.0 Å². The molecule has 2 amide bonds. The summed E-state index contributed by atoms with van der Waals surface area (Å²) in [7, 11) is 1.79. The van der Waals surface area contributed by atoms with Gasteiger partial charge < -0.3 is 15.0 Å². The van der Waals surface area contributed by atoms with Gasteiger partial charge in [-0.05, 0) is 63.1 Å². The van der Waals surface area contributed by atoms with E-state index in [9.17, 15) is 14.4 Å². The number of nitrogens with zero attached hydrogens (tertiary/aromatic N) is 2. The van der Waals surface area contributed by atoms with Gasteiger partial charge >= 0.3 is 5.97 Å². The molecule has 1 spiro atoms. The van der Waals surface area contributed by atoms with Crippen LogP contribution in [0.15, 0.2) is 48.5 Å². The highest BCUT2D eigenvalue weighted by Crippen LogP contribution is 2.56. The van der Waals surface area contributed by atoms with Crippen molar-refractivity contribution in [2.75, 3.05) is 30.4 Å². The Labute approximate surface area is 187 Å². The number of amides is 2. The van der Waals surface area contributed by atoms with E-state index in [-0.39, 0.29) is 17.9 Å². The summed E-state index contributed by atoms with van der Waals surface area (Å²) >= 11 is 0. The first-order chi connectivity index (χ1) is 15.5. The summed E-state index contributed by atoms with van der Waals surface area (Å²) in [5.74, 6) is -1.07. The fourth-order valence-corrected chi connectivity index (χ4v) is 5.80. The SMILES string of the molecule is CCOC(=O)c1ccc(NC(=O)C2CC3CCCN3C23C(=O)N(C)c2ccccc23)cc1. The number of hydrogen-bond acceptors (Lipinski definition) is 5. The molecule has 0 saturated carbocycles. The van der Waals surface area contributed by atoms with Crippen LogP contribution in [0.5, 0.6) is 0 Å². The molecule has 2 fully saturated rings. The molecule has 1 N–H and O–H groups in total. The molecular weight excluding hydrogens is 406 g/mol. The van der Waals surface area contributed by atoms with Crippen LogP contribution in [0.3, 0.4) is 0 Å². The van der Waals surface area contributed by atoms with Gasteiger partial charge in [-0.3, -0.25) is 14.5 Å². The standard InChI is InChI=1S/C25H27N3O4/c1-3-32-23(30)16-10-12-17(13-11-16)26-22(29)20-15-18-7-6-14-28(18)25(20)19-8-4-5-9-21(19)27(2)24(25)31/h4-5,8-13,18,20H,3,6-7,14-15H2,1-2H3,(H,26,29). The molecule has 2 aromatic carbocycles. The highest BCUT2D eigenvalue weighted by molar-refractivity contribution is 6.11. The van der Waals surface area contributed by atoms with E-state index >= 15 is 0 Å². The average Bonchev–Trinajstić information content (AvgIpc) is 3.45. The molecule has 2 saturated heterocycles. The zero-order valence-corrected chi connectivity index (χ0v) is 18.3. The van der Waals surface area contributed by atoms with Gasteiger partial charge in [0.25, 0.3) is 5.91 Å². The van der Waals surface area contributed by atoms with Crippen LogP contribution in [0.1, 0.15) is 42.1 Å². The third-order valence-electron chi connectivity index (χ3n) is 7.13. The van der Waals surface area contributed by atoms with Gasteiger partial charge in [0, 0.05) is 30.0 Å². The van der Waals surface area contributed by atoms with Crippen molar-refractivity contribution >= 4 is 29.2 Å². The fraction of sp³-hybridized carbons (Fsp3) is 0.400. The molecule has 3 heterocycles. The minimum atomic E-state index is -0.957. The van der Waals surface area contributed by atoms with E-state index in [0.29, 0.717) is 24.3 Å². The number of nitrogens with one attached hydrogen (secondary N) is 1. The minimum absolute atomic E-state index is 0.0269. The maximum atomic E-state index is 13.7. The molecule has 3 aliphatic rings. The predicted molar refractivity (Wildman–Crippen MR) is 120 cm³/mol. The summed E-state index contributed by atoms with van der Waals surface area (Å²) in [6.45, 7) is 2.88. The van der Waals surface area contributed by atoms with Gasteiger partial charge in [0.2, 0.25) is 5.91 Å². The van der Waals surface area contributed by atoms with Crippen molar-refractivity contribution in [2.24, 2.45) is 5.92 Å². The third-order valence-corrected chi connectivity index (χ3v) is 7.13. The van der Waals surface area contributed by atoms with Gasteiger partial charge in [0.15, 0.2) is 0 Å². The van der Waals surface area contributed by atoms with Crippen molar-refractivity contribution in [3.8, 4) is 0 Å². The number of para-hydroxylation sites is 1. The predicted octanol–water partition coefficient (Wildman–Crippen LogP) is 3.16. The highest BCUT2D eigenvalue weighted by atomic mass is 16.5. The van der Waals surface area contributed by atoms with Gasteiger partial charge in [-0.2, -0.15) is 0 Å². The van der Waals surface area contributed by atoms with Crippen molar-refractivity contribution in [2.45, 2.75) is 37.8 Å². The highest BCUT2D eigenvalue weighted by Gasteiger charge is 2.66. The number of carbonyl (C=O) groups excluding carboxylic acids is 3. The Balaban J connectivity index is 1.47. The van der Waals surface area contributed by atoms with E-state index in [4.69, 9.17) is 4.74 Å². The summed E-state index contributed by atoms with van der Waals surface area (Å²) in [5.41, 5.74) is 1.87. The monoisotopic (exact) mass is 433 g/mol. The van der Waals surface area contributed by atoms with Crippen LogP contribution in [0.25, 0.3) is 0 Å². The second kappa shape index (κ2) is 7.74. The van der Waals surface area contributed by atoms with Crippen molar-refractivity contribution in [1.82, 2.24) is 4.90 Å². The molecule has 5 rings (SSSR count). The van der Waals surface area contributed by atoms with Crippen LogP contribution < -0.4 is 10.2 Å². The summed E-state index contributed by atoms with van der Waals surface area (Å²) in [6.07, 6.45) is 2.69. The zero-order chi connectivity index (χ0) is 22.5. The number of anilines is 2. The molecule has 0 aromatic heterocycles. The number of likely N-dealkylation sites (N-methyl/N-ethyl adjacent to an activating group) is 1. The van der Waals surface area contributed by atoms with E-state index < -0.39 is 17.4 Å². The van der Waals surface area contributed by atoms with Gasteiger partial charge in [0.1, 0.15) is 5.54 Å². The van der Waals surface area contributed by atoms with Crippen molar-refractivity contribution < 1.29 is 19.1 Å². The minimum Gasteiger partial charge on any atom is -0.462 e. The number of fused-ring (bicyclic) bond motifs is 4. The number of benzene rings is 2. The van der Waals surface area contributed by atoms with Crippen molar-refractivity contribution in [3.63, 3.8) is 0 Å². The molecular formula is C25H27N3O4. The van der Waals surface area contributed by atoms with E-state index in [1.807, 2.05) is 24.3 Å². The molecule has 0 aliphatic carbocycles. The lowest BCUT2D eigenvalue weighted by atomic mass is 9.78. The maximum Gasteiger partial charge on any atom is 0.338 e. The Kier molecular flexibility index (Phi) is 5.01. The van der Waals surface area contributed by atoms with Crippen LogP contribution in [0.2, 0.25) is 0 Å². The number of carbonyl (C=O) groups is 3. The maximum absolute atomic E-state index is 13.7. The molecule has 0 radical (unpaired) electrons. The number of rotatable bonds is 4. The summed E-state index contributed by atoms with van der Waals surface area (Å²) in [5, 5.41) is 3.00. The molecule has 2 aromatic rings. The quantitative estimate of drug-likeness (QED) is 0.750. The molecule has 7 nitrogen and oxygen atoms in total. The van der Waals surface area contributed by atoms with Gasteiger partial charge in [-0.1, -0.05) is 18.2 Å². The molecule has 166 valence electrons. The second-order valence-corrected chi connectivity index (χ2v) is 8.71. The molecule has 32 heavy (non-hydrogen) atoms. The van der Waals surface area contributed by atoms with Crippen LogP contribution >= 0.6 is 0 Å². The van der Waals surface area contributed by atoms with E-state index in [1.165, 1.54) is 0 Å². The number of ether oxygens (including phenoxy) is 1. The van der Waals surface area contributed by atoms with Crippen LogP contribution in [-0.2, 0) is 19.9 Å². The Morgan fingerprint density at radius 3 is 2.66 bits per heavy atom. The summed E-state index contributed by atoms with van der Waals surface area (Å²) in [4.78, 5) is 43.2. The van der Waals surface area contributed by atoms with Crippen LogP contribution in [-0.4, -0.2) is 48.9 Å². The lowest BCUT2D eigenvalue weighted by Gasteiger charge is -2.37. The lowest BCUT2D eigenvalue weighted by Crippen LogP contribution is -2.55. The van der Waals surface area contributed by atoms with Gasteiger partial charge in [0.05, 0.1) is 18.1 Å². The molecule has 7 heteroatoms. The Bertz CT molecular complexity index is 1080. The van der Waals surface area contributed by atoms with Gasteiger partial charge in [-0.15, -0.1) is 0 Å². The van der Waals surface area contributed by atoms with Crippen LogP contribution in [0.4, 0.5) is 11.4 Å². The molecule has 0 bridgehead atoms. The largest absolute Gasteiger partial charge is 0.462 e. The first-order valence-electron chi connectivity index (χ1n) is 11.2. The van der Waals surface area contributed by atoms with Gasteiger partial charge in [-0.25, -0.2) is 4.79 Å². The number of esters is 1. The first-order valence-corrected chi connectivity index (χ1v) is 11.2. The zero-order valence-electron chi connectivity index (χ0n) is 18.3. The summed E-state index contributed by atoms with van der Waals surface area (Å²) < 4.78 is 5.02. The third kappa shape index (κ3) is 2.88. The molecule has 3 unspecified atom stereocenters. The summed E-state index contributed by atoms with van der Waals surface area (Å²) in [6, 6.07) is 14.7. The second-order valence-electron chi connectivity index (χ2n) is 8.71. The Morgan fingerprint density at radius 1 is 1.16 bits per heavy atom. The van der Waals surface area contributed by atoms with Crippen molar-refractivity contribution in [1.29, 1.82) is 0 Å². The van der Waals surface area contributed by atoms with E-state index in [1.54, 1.807) is 43.1 Å². The Hall–Kier alpha value is -3.19.